The van der Waals surface area contributed by atoms with Gasteiger partial charge in [-0.3, -0.25) is 13.9 Å². The molecule has 10 heteroatoms. The van der Waals surface area contributed by atoms with Gasteiger partial charge in [-0.15, -0.1) is 0 Å². The van der Waals surface area contributed by atoms with Gasteiger partial charge in [0.05, 0.1) is 15.6 Å². The zero-order chi connectivity index (χ0) is 28.6. The first kappa shape index (κ1) is 30.5. The molecular weight excluding hydrogens is 557 g/mol. The van der Waals surface area contributed by atoms with Crippen molar-refractivity contribution in [2.75, 3.05) is 23.9 Å². The Morgan fingerprint density at radius 2 is 1.62 bits per heavy atom. The molecule has 0 fully saturated rings. The van der Waals surface area contributed by atoms with Gasteiger partial charge in [0.25, 0.3) is 10.0 Å². The maximum Gasteiger partial charge on any atom is 0.264 e. The van der Waals surface area contributed by atoms with Crippen molar-refractivity contribution in [3.63, 3.8) is 0 Å². The Balaban J connectivity index is 2.05. The lowest BCUT2D eigenvalue weighted by atomic mass is 10.1. The van der Waals surface area contributed by atoms with Crippen LogP contribution in [0.2, 0.25) is 10.0 Å². The first-order chi connectivity index (χ1) is 18.6. The van der Waals surface area contributed by atoms with E-state index in [-0.39, 0.29) is 33.1 Å². The summed E-state index contributed by atoms with van der Waals surface area (Å²) in [6, 6.07) is 19.6. The van der Waals surface area contributed by atoms with Gasteiger partial charge in [-0.2, -0.15) is 0 Å². The monoisotopic (exact) mass is 589 g/mol. The highest BCUT2D eigenvalue weighted by Crippen LogP contribution is 2.33. The van der Waals surface area contributed by atoms with E-state index < -0.39 is 28.5 Å². The number of amides is 2. The van der Waals surface area contributed by atoms with Crippen molar-refractivity contribution in [3.8, 4) is 0 Å². The topological polar surface area (TPSA) is 86.8 Å². The minimum atomic E-state index is -4.23. The number of anilines is 1. The highest BCUT2D eigenvalue weighted by atomic mass is 35.5. The molecule has 0 spiro atoms. The van der Waals surface area contributed by atoms with Crippen molar-refractivity contribution in [3.05, 3.63) is 94.0 Å². The highest BCUT2D eigenvalue weighted by Gasteiger charge is 2.34. The molecule has 0 heterocycles. The van der Waals surface area contributed by atoms with Gasteiger partial charge in [0.15, 0.2) is 0 Å². The smallest absolute Gasteiger partial charge is 0.264 e. The normalized spacial score (nSPS) is 12.0. The predicted octanol–water partition coefficient (Wildman–Crippen LogP) is 5.48. The van der Waals surface area contributed by atoms with Gasteiger partial charge < -0.3 is 10.2 Å². The molecule has 0 aliphatic carbocycles. The fourth-order valence-electron chi connectivity index (χ4n) is 4.22. The summed E-state index contributed by atoms with van der Waals surface area (Å²) < 4.78 is 28.8. The second-order valence-corrected chi connectivity index (χ2v) is 11.8. The van der Waals surface area contributed by atoms with E-state index >= 15 is 0 Å². The van der Waals surface area contributed by atoms with E-state index in [0.717, 1.165) is 15.4 Å². The zero-order valence-corrected chi connectivity index (χ0v) is 24.6. The van der Waals surface area contributed by atoms with Crippen LogP contribution in [0.3, 0.4) is 0 Å². The molecule has 7 nitrogen and oxygen atoms in total. The third-order valence-electron chi connectivity index (χ3n) is 6.29. The number of benzene rings is 3. The number of likely N-dealkylation sites (N-methyl/N-ethyl adjacent to an activating group) is 1. The molecular formula is C29H33Cl2N3O4S. The number of aryl methyl sites for hydroxylation is 1. The summed E-state index contributed by atoms with van der Waals surface area (Å²) in [5.74, 6) is -0.828. The van der Waals surface area contributed by atoms with Crippen LogP contribution in [0, 0.1) is 6.92 Å². The van der Waals surface area contributed by atoms with Crippen molar-refractivity contribution in [1.29, 1.82) is 0 Å². The fourth-order valence-corrected chi connectivity index (χ4v) is 6.08. The Labute approximate surface area is 240 Å². The number of rotatable bonds is 12. The van der Waals surface area contributed by atoms with Gasteiger partial charge in [0.1, 0.15) is 12.6 Å². The minimum Gasteiger partial charge on any atom is -0.355 e. The highest BCUT2D eigenvalue weighted by molar-refractivity contribution is 7.92. The number of carbonyl (C=O) groups is 2. The molecule has 39 heavy (non-hydrogen) atoms. The van der Waals surface area contributed by atoms with E-state index in [1.54, 1.807) is 25.1 Å². The number of halogens is 2. The Kier molecular flexibility index (Phi) is 10.8. The van der Waals surface area contributed by atoms with E-state index in [4.69, 9.17) is 23.2 Å². The lowest BCUT2D eigenvalue weighted by Gasteiger charge is -2.33. The molecule has 0 bridgehead atoms. The molecule has 1 N–H and O–H groups in total. The van der Waals surface area contributed by atoms with Crippen LogP contribution in [0.1, 0.15) is 31.4 Å². The van der Waals surface area contributed by atoms with Crippen LogP contribution < -0.4 is 9.62 Å². The van der Waals surface area contributed by atoms with Crippen molar-refractivity contribution in [1.82, 2.24) is 10.2 Å². The number of nitrogens with zero attached hydrogens (tertiary/aromatic N) is 2. The summed E-state index contributed by atoms with van der Waals surface area (Å²) in [6.45, 7) is 5.53. The van der Waals surface area contributed by atoms with Crippen molar-refractivity contribution in [2.45, 2.75) is 44.6 Å². The quantitative estimate of drug-likeness (QED) is 0.303. The predicted molar refractivity (Wildman–Crippen MR) is 157 cm³/mol. The van der Waals surface area contributed by atoms with E-state index in [9.17, 15) is 18.0 Å². The number of sulfonamides is 1. The summed E-state index contributed by atoms with van der Waals surface area (Å²) in [5.41, 5.74) is 1.95. The molecule has 1 atom stereocenters. The summed E-state index contributed by atoms with van der Waals surface area (Å²) in [6.07, 6.45) is 0.847. The number of nitrogens with one attached hydrogen (secondary N) is 1. The molecule has 3 rings (SSSR count). The van der Waals surface area contributed by atoms with Gasteiger partial charge in [-0.05, 0) is 62.6 Å². The SMILES string of the molecule is CCNC(=O)[C@H](CC)N(CCc1ccccc1)C(=O)CN(c1cc(Cl)ccc1Cl)S(=O)(=O)c1ccc(C)cc1. The Hall–Kier alpha value is -3.07. The Morgan fingerprint density at radius 3 is 2.23 bits per heavy atom. The average molecular weight is 591 g/mol. The number of carbonyl (C=O) groups excluding carboxylic acids is 2. The maximum absolute atomic E-state index is 13.9. The molecule has 208 valence electrons. The molecule has 0 aromatic heterocycles. The van der Waals surface area contributed by atoms with E-state index in [0.29, 0.717) is 19.4 Å². The molecule has 2 amide bonds. The first-order valence-electron chi connectivity index (χ1n) is 12.7. The summed E-state index contributed by atoms with van der Waals surface area (Å²) in [5, 5.41) is 3.17. The van der Waals surface area contributed by atoms with Crippen LogP contribution in [-0.4, -0.2) is 50.8 Å². The molecule has 0 aliphatic rings. The van der Waals surface area contributed by atoms with E-state index in [1.807, 2.05) is 44.2 Å². The largest absolute Gasteiger partial charge is 0.355 e. The molecule has 0 radical (unpaired) electrons. The van der Waals surface area contributed by atoms with Crippen LogP contribution in [0.5, 0.6) is 0 Å². The third-order valence-corrected chi connectivity index (χ3v) is 8.61. The zero-order valence-electron chi connectivity index (χ0n) is 22.2. The Bertz CT molecular complexity index is 1380. The van der Waals surface area contributed by atoms with Crippen LogP contribution >= 0.6 is 23.2 Å². The van der Waals surface area contributed by atoms with Crippen LogP contribution in [0.4, 0.5) is 5.69 Å². The molecule has 3 aromatic carbocycles. The van der Waals surface area contributed by atoms with Gasteiger partial charge in [0, 0.05) is 18.1 Å². The molecule has 0 saturated heterocycles. The molecule has 0 unspecified atom stereocenters. The van der Waals surface area contributed by atoms with Crippen LogP contribution in [-0.2, 0) is 26.0 Å². The Morgan fingerprint density at radius 1 is 0.949 bits per heavy atom. The summed E-state index contributed by atoms with van der Waals surface area (Å²) >= 11 is 12.7. The van der Waals surface area contributed by atoms with E-state index in [1.165, 1.54) is 29.2 Å². The van der Waals surface area contributed by atoms with Crippen molar-refractivity contribution < 1.29 is 18.0 Å². The van der Waals surface area contributed by atoms with Gasteiger partial charge >= 0.3 is 0 Å². The summed E-state index contributed by atoms with van der Waals surface area (Å²) in [7, 11) is -4.23. The van der Waals surface area contributed by atoms with Crippen molar-refractivity contribution in [2.24, 2.45) is 0 Å². The minimum absolute atomic E-state index is 0.00328. The van der Waals surface area contributed by atoms with E-state index in [2.05, 4.69) is 5.32 Å². The van der Waals surface area contributed by atoms with Gasteiger partial charge in [-0.25, -0.2) is 8.42 Å². The first-order valence-corrected chi connectivity index (χ1v) is 14.9. The second kappa shape index (κ2) is 13.8. The van der Waals surface area contributed by atoms with Crippen LogP contribution in [0.15, 0.2) is 77.7 Å². The lowest BCUT2D eigenvalue weighted by molar-refractivity contribution is -0.139. The van der Waals surface area contributed by atoms with Gasteiger partial charge in [-0.1, -0.05) is 78.2 Å². The standard InChI is InChI=1S/C29H33Cl2N3O4S/c1-4-26(29(36)32-5-2)33(18-17-22-9-7-6-8-10-22)28(35)20-34(27-19-23(30)13-16-25(27)31)39(37,38)24-14-11-21(3)12-15-24/h6-16,19,26H,4-5,17-18,20H2,1-3H3,(H,32,36)/t26-/m0/s1. The summed E-state index contributed by atoms with van der Waals surface area (Å²) in [4.78, 5) is 28.4. The lowest BCUT2D eigenvalue weighted by Crippen LogP contribution is -2.53. The van der Waals surface area contributed by atoms with Crippen molar-refractivity contribution >= 4 is 50.7 Å². The second-order valence-electron chi connectivity index (χ2n) is 9.06. The molecule has 3 aromatic rings. The molecule has 0 aliphatic heterocycles. The molecule has 0 saturated carbocycles. The van der Waals surface area contributed by atoms with Crippen LogP contribution in [0.25, 0.3) is 0 Å². The maximum atomic E-state index is 13.9. The number of hydrogen-bond acceptors (Lipinski definition) is 4. The van der Waals surface area contributed by atoms with Gasteiger partial charge in [0.2, 0.25) is 11.8 Å². The third kappa shape index (κ3) is 7.75. The fraction of sp³-hybridized carbons (Fsp3) is 0.310. The average Bonchev–Trinajstić information content (AvgIpc) is 2.91. The number of hydrogen-bond donors (Lipinski definition) is 1.